The third kappa shape index (κ3) is 2.44. The Morgan fingerprint density at radius 1 is 0.828 bits per heavy atom. The molecule has 0 bridgehead atoms. The molecule has 0 aromatic heterocycles. The van der Waals surface area contributed by atoms with E-state index in [1.165, 1.54) is 4.81 Å². The summed E-state index contributed by atoms with van der Waals surface area (Å²) in [6.45, 7) is 7.78. The van der Waals surface area contributed by atoms with Crippen LogP contribution in [0, 0.1) is 0 Å². The first-order chi connectivity index (χ1) is 13.7. The largest absolute Gasteiger partial charge is 0.601 e. The zero-order chi connectivity index (χ0) is 20.6. The van der Waals surface area contributed by atoms with Crippen molar-refractivity contribution in [2.75, 3.05) is 10.1 Å². The molecule has 0 aliphatic carbocycles. The van der Waals surface area contributed by atoms with Crippen LogP contribution in [0.15, 0.2) is 48.5 Å². The van der Waals surface area contributed by atoms with Crippen molar-refractivity contribution >= 4 is 41.6 Å². The molecule has 1 N–H and O–H groups in total. The molecule has 1 fully saturated rings. The first kappa shape index (κ1) is 18.2. The summed E-state index contributed by atoms with van der Waals surface area (Å²) in [5.74, 6) is -0.577. The molecule has 3 heterocycles. The lowest BCUT2D eigenvalue weighted by Crippen LogP contribution is -2.44. The maximum atomic E-state index is 13.6. The highest BCUT2D eigenvalue weighted by molar-refractivity contribution is 6.65. The van der Waals surface area contributed by atoms with Crippen LogP contribution in [0.4, 0.5) is 11.4 Å². The van der Waals surface area contributed by atoms with E-state index in [0.717, 1.165) is 5.56 Å². The van der Waals surface area contributed by atoms with Crippen molar-refractivity contribution in [3.63, 3.8) is 0 Å². The third-order valence-corrected chi connectivity index (χ3v) is 6.24. The predicted octanol–water partition coefficient (Wildman–Crippen LogP) is 3.49. The van der Waals surface area contributed by atoms with E-state index >= 15 is 0 Å². The van der Waals surface area contributed by atoms with E-state index in [4.69, 9.17) is 9.31 Å². The summed E-state index contributed by atoms with van der Waals surface area (Å²) in [6.07, 6.45) is 0. The molecule has 0 atom stereocenters. The van der Waals surface area contributed by atoms with Gasteiger partial charge >= 0.3 is 7.25 Å². The second-order valence-electron chi connectivity index (χ2n) is 8.51. The molecule has 0 saturated carbocycles. The Balaban J connectivity index is 1.68. The minimum absolute atomic E-state index is 0.278. The average molecular weight is 388 g/mol. The molecule has 0 spiro atoms. The van der Waals surface area contributed by atoms with Gasteiger partial charge in [-0.1, -0.05) is 36.4 Å². The van der Waals surface area contributed by atoms with E-state index < -0.39 is 18.5 Å². The molecule has 3 aliphatic heterocycles. The minimum Gasteiger partial charge on any atom is -0.384 e. The van der Waals surface area contributed by atoms with Crippen LogP contribution in [-0.4, -0.2) is 30.3 Å². The lowest BCUT2D eigenvalue weighted by Gasteiger charge is -2.32. The van der Waals surface area contributed by atoms with Gasteiger partial charge in [0.05, 0.1) is 22.3 Å². The average Bonchev–Trinajstić information content (AvgIpc) is 3.20. The second kappa shape index (κ2) is 5.81. The van der Waals surface area contributed by atoms with Gasteiger partial charge < -0.3 is 14.6 Å². The number of rotatable bonds is 1. The van der Waals surface area contributed by atoms with E-state index in [0.29, 0.717) is 28.1 Å². The normalized spacial score (nSPS) is 24.0. The van der Waals surface area contributed by atoms with E-state index in [1.807, 2.05) is 76.2 Å². The third-order valence-electron chi connectivity index (χ3n) is 6.24. The fourth-order valence-electron chi connectivity index (χ4n) is 3.97. The Kier molecular flexibility index (Phi) is 3.64. The van der Waals surface area contributed by atoms with Gasteiger partial charge in [-0.2, -0.15) is 0 Å². The molecule has 2 aromatic rings. The van der Waals surface area contributed by atoms with Gasteiger partial charge in [-0.15, -0.1) is 0 Å². The summed E-state index contributed by atoms with van der Waals surface area (Å²) in [6, 6.07) is 14.8. The highest BCUT2D eigenvalue weighted by Gasteiger charge is 2.58. The number of fused-ring (bicyclic) bond motifs is 2. The molecule has 6 nitrogen and oxygen atoms in total. The Morgan fingerprint density at radius 2 is 1.41 bits per heavy atom. The highest BCUT2D eigenvalue weighted by atomic mass is 16.7. The number of carbonyl (C=O) groups is 2. The second-order valence-corrected chi connectivity index (χ2v) is 8.51. The van der Waals surface area contributed by atoms with Gasteiger partial charge in [0.25, 0.3) is 11.8 Å². The summed E-state index contributed by atoms with van der Waals surface area (Å²) in [4.78, 5) is 28.0. The Hall–Kier alpha value is -2.90. The molecule has 0 unspecified atom stereocenters. The van der Waals surface area contributed by atoms with Crippen molar-refractivity contribution in [2.45, 2.75) is 38.9 Å². The van der Waals surface area contributed by atoms with Crippen LogP contribution in [0.3, 0.4) is 0 Å². The lowest BCUT2D eigenvalue weighted by atomic mass is 9.90. The summed E-state index contributed by atoms with van der Waals surface area (Å²) in [7, 11) is -0.869. The molecular weight excluding hydrogens is 367 g/mol. The number of benzene rings is 2. The molecule has 5 rings (SSSR count). The Labute approximate surface area is 169 Å². The summed E-state index contributed by atoms with van der Waals surface area (Å²) < 4.78 is 12.3. The summed E-state index contributed by atoms with van der Waals surface area (Å²) in [5.41, 5.74) is 2.41. The van der Waals surface area contributed by atoms with Crippen LogP contribution >= 0.6 is 0 Å². The number of nitrogens with one attached hydrogen (secondary N) is 1. The minimum atomic E-state index is -0.869. The highest BCUT2D eigenvalue weighted by Crippen LogP contribution is 2.47. The van der Waals surface area contributed by atoms with Gasteiger partial charge in [-0.3, -0.25) is 14.4 Å². The first-order valence-electron chi connectivity index (χ1n) is 9.65. The molecule has 7 heteroatoms. The predicted molar refractivity (Wildman–Crippen MR) is 112 cm³/mol. The molecule has 3 aliphatic rings. The summed E-state index contributed by atoms with van der Waals surface area (Å²) in [5, 5.41) is 2.86. The van der Waals surface area contributed by atoms with Crippen molar-refractivity contribution in [3.8, 4) is 0 Å². The Morgan fingerprint density at radius 3 is 2.10 bits per heavy atom. The number of amides is 2. The van der Waals surface area contributed by atoms with E-state index in [-0.39, 0.29) is 11.8 Å². The van der Waals surface area contributed by atoms with Crippen molar-refractivity contribution in [3.05, 3.63) is 59.7 Å². The maximum absolute atomic E-state index is 13.6. The molecule has 29 heavy (non-hydrogen) atoms. The monoisotopic (exact) mass is 388 g/mol. The number of hydrogen-bond acceptors (Lipinski definition) is 4. The molecular formula is C22H21BN2O4. The molecule has 2 aromatic carbocycles. The van der Waals surface area contributed by atoms with E-state index in [1.54, 1.807) is 0 Å². The summed E-state index contributed by atoms with van der Waals surface area (Å²) >= 11 is 0. The van der Waals surface area contributed by atoms with Crippen LogP contribution in [0.1, 0.15) is 38.8 Å². The van der Waals surface area contributed by atoms with Gasteiger partial charge in [0.1, 0.15) is 0 Å². The number of hydrogen-bond donors (Lipinski definition) is 1. The van der Waals surface area contributed by atoms with Gasteiger partial charge in [-0.25, -0.2) is 0 Å². The fraction of sp³-hybridized carbons (Fsp3) is 0.273. The molecule has 2 amide bonds. The number of nitrogens with zero attached hydrogens (tertiary/aromatic N) is 1. The van der Waals surface area contributed by atoms with Crippen LogP contribution < -0.4 is 10.1 Å². The van der Waals surface area contributed by atoms with Gasteiger partial charge in [0.2, 0.25) is 0 Å². The first-order valence-corrected chi connectivity index (χ1v) is 9.65. The van der Waals surface area contributed by atoms with Gasteiger partial charge in [0, 0.05) is 22.5 Å². The Bertz CT molecular complexity index is 1090. The van der Waals surface area contributed by atoms with E-state index in [9.17, 15) is 9.59 Å². The zero-order valence-corrected chi connectivity index (χ0v) is 16.8. The lowest BCUT2D eigenvalue weighted by molar-refractivity contribution is -0.113. The van der Waals surface area contributed by atoms with Crippen LogP contribution in [0.5, 0.6) is 0 Å². The van der Waals surface area contributed by atoms with Crippen molar-refractivity contribution in [2.24, 2.45) is 0 Å². The number of anilines is 2. The number of para-hydroxylation sites is 2. The van der Waals surface area contributed by atoms with Crippen molar-refractivity contribution < 1.29 is 18.9 Å². The van der Waals surface area contributed by atoms with Crippen LogP contribution in [-0.2, 0) is 18.9 Å². The maximum Gasteiger partial charge on any atom is 0.601 e. The fourth-order valence-corrected chi connectivity index (χ4v) is 3.97. The standard InChI is InChI=1S/C22H21BN2O4/c1-21(2)22(3,4)29-23(28-21)25-16-12-8-6-10-14(16)18(20(25)27)17-13-9-5-7-11-15(13)24-19(17)26/h5-12H,1-4H3,(H,24,26). The van der Waals surface area contributed by atoms with Crippen molar-refractivity contribution in [1.82, 2.24) is 0 Å². The number of carbonyl (C=O) groups excluding carboxylic acids is 2. The molecule has 146 valence electrons. The molecule has 0 radical (unpaired) electrons. The van der Waals surface area contributed by atoms with Gasteiger partial charge in [-0.05, 0) is 39.8 Å². The van der Waals surface area contributed by atoms with Crippen molar-refractivity contribution in [1.29, 1.82) is 0 Å². The quantitative estimate of drug-likeness (QED) is 0.600. The topological polar surface area (TPSA) is 67.9 Å². The zero-order valence-electron chi connectivity index (χ0n) is 16.8. The van der Waals surface area contributed by atoms with Gasteiger partial charge in [0.15, 0.2) is 0 Å². The van der Waals surface area contributed by atoms with Crippen LogP contribution in [0.25, 0.3) is 11.1 Å². The molecule has 1 saturated heterocycles. The van der Waals surface area contributed by atoms with E-state index in [2.05, 4.69) is 5.32 Å². The SMILES string of the molecule is CC1(C)OB(N2C(=O)C(=C3C(=O)Nc4ccccc43)c3ccccc32)OC1(C)C. The van der Waals surface area contributed by atoms with Crippen LogP contribution in [0.2, 0.25) is 0 Å². The smallest absolute Gasteiger partial charge is 0.384 e.